The van der Waals surface area contributed by atoms with Gasteiger partial charge in [-0.25, -0.2) is 0 Å². The summed E-state index contributed by atoms with van der Waals surface area (Å²) in [6.45, 7) is 3.07. The maximum Gasteiger partial charge on any atom is 0.257 e. The minimum Gasteiger partial charge on any atom is -0.472 e. The molecule has 2 atom stereocenters. The van der Waals surface area contributed by atoms with Crippen molar-refractivity contribution in [1.82, 2.24) is 4.90 Å². The number of hydrogen-bond acceptors (Lipinski definition) is 4. The highest BCUT2D eigenvalue weighted by Gasteiger charge is 2.44. The first-order chi connectivity index (χ1) is 10.2. The van der Waals surface area contributed by atoms with E-state index >= 15 is 0 Å². The standard InChI is InChI=1S/C16H23NO4/c1-19-7-3-13-9-16(21-10-13)5-2-6-17(12-16)15(18)14-4-8-20-11-14/h4,8,11,13H,2-3,5-7,9-10,12H2,1H3. The molecule has 2 aliphatic heterocycles. The fourth-order valence-electron chi connectivity index (χ4n) is 3.53. The lowest BCUT2D eigenvalue weighted by molar-refractivity contribution is -0.0450. The highest BCUT2D eigenvalue weighted by atomic mass is 16.5. The topological polar surface area (TPSA) is 51.9 Å². The Bertz CT molecular complexity index is 473. The van der Waals surface area contributed by atoms with Crippen LogP contribution in [-0.4, -0.2) is 49.8 Å². The van der Waals surface area contributed by atoms with Crippen molar-refractivity contribution in [3.63, 3.8) is 0 Å². The van der Waals surface area contributed by atoms with E-state index < -0.39 is 0 Å². The Kier molecular flexibility index (Phi) is 4.31. The number of rotatable bonds is 4. The Balaban J connectivity index is 1.62. The molecule has 0 aliphatic carbocycles. The van der Waals surface area contributed by atoms with Gasteiger partial charge in [-0.2, -0.15) is 0 Å². The highest BCUT2D eigenvalue weighted by Crippen LogP contribution is 2.38. The molecule has 0 radical (unpaired) electrons. The van der Waals surface area contributed by atoms with Gasteiger partial charge in [-0.1, -0.05) is 0 Å². The first kappa shape index (κ1) is 14.6. The number of carbonyl (C=O) groups excluding carboxylic acids is 1. The molecule has 2 unspecified atom stereocenters. The quantitative estimate of drug-likeness (QED) is 0.855. The van der Waals surface area contributed by atoms with Crippen molar-refractivity contribution in [3.8, 4) is 0 Å². The highest BCUT2D eigenvalue weighted by molar-refractivity contribution is 5.93. The monoisotopic (exact) mass is 293 g/mol. The van der Waals surface area contributed by atoms with Crippen molar-refractivity contribution in [3.05, 3.63) is 24.2 Å². The third-order valence-electron chi connectivity index (χ3n) is 4.61. The molecule has 0 bridgehead atoms. The molecule has 3 heterocycles. The molecule has 2 saturated heterocycles. The Labute approximate surface area is 125 Å². The van der Waals surface area contributed by atoms with Crippen LogP contribution in [0.3, 0.4) is 0 Å². The third-order valence-corrected chi connectivity index (χ3v) is 4.61. The number of piperidine rings is 1. The maximum atomic E-state index is 12.4. The van der Waals surface area contributed by atoms with Crippen LogP contribution in [0.25, 0.3) is 0 Å². The van der Waals surface area contributed by atoms with E-state index in [1.54, 1.807) is 19.4 Å². The van der Waals surface area contributed by atoms with E-state index in [1.807, 2.05) is 4.90 Å². The zero-order chi connectivity index (χ0) is 14.7. The van der Waals surface area contributed by atoms with Crippen LogP contribution in [0.4, 0.5) is 0 Å². The lowest BCUT2D eigenvalue weighted by Crippen LogP contribution is -2.50. The largest absolute Gasteiger partial charge is 0.472 e. The van der Waals surface area contributed by atoms with Gasteiger partial charge in [0.05, 0.1) is 24.0 Å². The fourth-order valence-corrected chi connectivity index (χ4v) is 3.53. The minimum absolute atomic E-state index is 0.0479. The summed E-state index contributed by atoms with van der Waals surface area (Å²) in [5.41, 5.74) is 0.483. The summed E-state index contributed by atoms with van der Waals surface area (Å²) in [5.74, 6) is 0.598. The predicted molar refractivity (Wildman–Crippen MR) is 77.1 cm³/mol. The third kappa shape index (κ3) is 3.14. The molecule has 5 nitrogen and oxygen atoms in total. The lowest BCUT2D eigenvalue weighted by atomic mass is 9.85. The van der Waals surface area contributed by atoms with Crippen LogP contribution in [0, 0.1) is 5.92 Å². The van der Waals surface area contributed by atoms with Gasteiger partial charge in [-0.15, -0.1) is 0 Å². The summed E-state index contributed by atoms with van der Waals surface area (Å²) >= 11 is 0. The molecule has 1 spiro atoms. The van der Waals surface area contributed by atoms with Crippen molar-refractivity contribution in [2.45, 2.75) is 31.3 Å². The molecular weight excluding hydrogens is 270 g/mol. The van der Waals surface area contributed by atoms with Gasteiger partial charge in [0.2, 0.25) is 0 Å². The number of furan rings is 1. The van der Waals surface area contributed by atoms with Gasteiger partial charge in [0.25, 0.3) is 5.91 Å². The van der Waals surface area contributed by atoms with Crippen LogP contribution >= 0.6 is 0 Å². The van der Waals surface area contributed by atoms with Gasteiger partial charge in [-0.05, 0) is 37.7 Å². The summed E-state index contributed by atoms with van der Waals surface area (Å²) in [4.78, 5) is 14.4. The van der Waals surface area contributed by atoms with E-state index in [4.69, 9.17) is 13.9 Å². The molecular formula is C16H23NO4. The van der Waals surface area contributed by atoms with Crippen LogP contribution in [0.1, 0.15) is 36.0 Å². The molecule has 0 N–H and O–H groups in total. The molecule has 2 aliphatic rings. The summed E-state index contributed by atoms with van der Waals surface area (Å²) < 4.78 is 16.3. The molecule has 1 amide bonds. The zero-order valence-electron chi connectivity index (χ0n) is 12.5. The van der Waals surface area contributed by atoms with Crippen molar-refractivity contribution in [2.24, 2.45) is 5.92 Å². The van der Waals surface area contributed by atoms with Crippen molar-refractivity contribution < 1.29 is 18.7 Å². The van der Waals surface area contributed by atoms with Gasteiger partial charge in [0.15, 0.2) is 0 Å². The maximum absolute atomic E-state index is 12.4. The van der Waals surface area contributed by atoms with Crippen molar-refractivity contribution >= 4 is 5.91 Å². The second kappa shape index (κ2) is 6.20. The average molecular weight is 293 g/mol. The molecule has 0 aromatic carbocycles. The number of hydrogen-bond donors (Lipinski definition) is 0. The Morgan fingerprint density at radius 1 is 1.57 bits per heavy atom. The Morgan fingerprint density at radius 3 is 3.24 bits per heavy atom. The summed E-state index contributed by atoms with van der Waals surface area (Å²) in [6, 6.07) is 1.72. The average Bonchev–Trinajstić information content (AvgIpc) is 3.15. The number of ether oxygens (including phenoxy) is 2. The number of carbonyl (C=O) groups is 1. The molecule has 116 valence electrons. The number of likely N-dealkylation sites (tertiary alicyclic amines) is 1. The van der Waals surface area contributed by atoms with E-state index in [-0.39, 0.29) is 11.5 Å². The fraction of sp³-hybridized carbons (Fsp3) is 0.688. The summed E-state index contributed by atoms with van der Waals surface area (Å²) in [7, 11) is 1.73. The van der Waals surface area contributed by atoms with E-state index in [2.05, 4.69) is 0 Å². The number of methoxy groups -OCH3 is 1. The molecule has 3 rings (SSSR count). The molecule has 0 saturated carbocycles. The van der Waals surface area contributed by atoms with Gasteiger partial charge in [0.1, 0.15) is 6.26 Å². The smallest absolute Gasteiger partial charge is 0.257 e. The second-order valence-electron chi connectivity index (χ2n) is 6.19. The first-order valence-electron chi connectivity index (χ1n) is 7.67. The molecule has 2 fully saturated rings. The summed E-state index contributed by atoms with van der Waals surface area (Å²) in [6.07, 6.45) is 7.17. The van der Waals surface area contributed by atoms with E-state index in [0.717, 1.165) is 45.4 Å². The number of amides is 1. The lowest BCUT2D eigenvalue weighted by Gasteiger charge is -2.39. The Hall–Kier alpha value is -1.33. The second-order valence-corrected chi connectivity index (χ2v) is 6.19. The predicted octanol–water partition coefficient (Wildman–Crippen LogP) is 2.33. The van der Waals surface area contributed by atoms with Crippen LogP contribution in [0.5, 0.6) is 0 Å². The molecule has 5 heteroatoms. The van der Waals surface area contributed by atoms with Gasteiger partial charge in [-0.3, -0.25) is 4.79 Å². The first-order valence-corrected chi connectivity index (χ1v) is 7.67. The van der Waals surface area contributed by atoms with Gasteiger partial charge in [0, 0.05) is 26.8 Å². The Morgan fingerprint density at radius 2 is 2.48 bits per heavy atom. The van der Waals surface area contributed by atoms with E-state index in [9.17, 15) is 4.79 Å². The molecule has 1 aromatic rings. The van der Waals surface area contributed by atoms with Crippen molar-refractivity contribution in [2.75, 3.05) is 33.4 Å². The zero-order valence-corrected chi connectivity index (χ0v) is 12.5. The van der Waals surface area contributed by atoms with E-state index in [1.165, 1.54) is 6.26 Å². The molecule has 1 aromatic heterocycles. The van der Waals surface area contributed by atoms with Crippen LogP contribution in [0.2, 0.25) is 0 Å². The van der Waals surface area contributed by atoms with Crippen molar-refractivity contribution in [1.29, 1.82) is 0 Å². The van der Waals surface area contributed by atoms with Crippen LogP contribution in [-0.2, 0) is 9.47 Å². The SMILES string of the molecule is COCCC1COC2(CCCN(C(=O)c3ccoc3)C2)C1. The van der Waals surface area contributed by atoms with Gasteiger partial charge < -0.3 is 18.8 Å². The minimum atomic E-state index is -0.143. The van der Waals surface area contributed by atoms with Crippen LogP contribution in [0.15, 0.2) is 23.0 Å². The van der Waals surface area contributed by atoms with Gasteiger partial charge >= 0.3 is 0 Å². The molecule has 21 heavy (non-hydrogen) atoms. The van der Waals surface area contributed by atoms with E-state index in [0.29, 0.717) is 18.0 Å². The van der Waals surface area contributed by atoms with Crippen LogP contribution < -0.4 is 0 Å². The summed E-state index contributed by atoms with van der Waals surface area (Å²) in [5, 5.41) is 0. The normalized spacial score (nSPS) is 29.2. The number of nitrogens with zero attached hydrogens (tertiary/aromatic N) is 1.